The molecule has 0 radical (unpaired) electrons. The SMILES string of the molecule is Cc1cc(S(C)=O)nc(NC2CC(CO)[C@H]3OC(C)(C)O[C@@H]23)c1C#C[Si](C)(C)C. The van der Waals surface area contributed by atoms with Crippen LogP contribution in [0.3, 0.4) is 0 Å². The van der Waals surface area contributed by atoms with E-state index < -0.39 is 24.7 Å². The number of nitrogens with one attached hydrogen (secondary N) is 1. The molecule has 0 bridgehead atoms. The largest absolute Gasteiger partial charge is 0.396 e. The first-order valence-corrected chi connectivity index (χ1v) is 15.1. The Kier molecular flexibility index (Phi) is 6.28. The molecule has 1 aromatic heterocycles. The van der Waals surface area contributed by atoms with Crippen LogP contribution in [0.4, 0.5) is 5.82 Å². The lowest BCUT2D eigenvalue weighted by atomic mass is 10.1. The average molecular weight is 437 g/mol. The summed E-state index contributed by atoms with van der Waals surface area (Å²) in [5.74, 6) is 3.28. The first-order chi connectivity index (χ1) is 13.4. The van der Waals surface area contributed by atoms with Gasteiger partial charge < -0.3 is 19.9 Å². The second-order valence-electron chi connectivity index (χ2n) is 9.45. The predicted molar refractivity (Wildman–Crippen MR) is 118 cm³/mol. The van der Waals surface area contributed by atoms with Gasteiger partial charge in [0.25, 0.3) is 0 Å². The Morgan fingerprint density at radius 2 is 2.00 bits per heavy atom. The second kappa shape index (κ2) is 8.12. The minimum Gasteiger partial charge on any atom is -0.396 e. The molecular weight excluding hydrogens is 404 g/mol. The van der Waals surface area contributed by atoms with Gasteiger partial charge in [-0.05, 0) is 38.8 Å². The van der Waals surface area contributed by atoms with E-state index in [0.717, 1.165) is 11.1 Å². The summed E-state index contributed by atoms with van der Waals surface area (Å²) < 4.78 is 24.3. The normalized spacial score (nSPS) is 29.1. The zero-order chi connectivity index (χ0) is 21.6. The topological polar surface area (TPSA) is 80.7 Å². The number of aliphatic hydroxyl groups is 1. The summed E-state index contributed by atoms with van der Waals surface area (Å²) in [5.41, 5.74) is 5.20. The third-order valence-electron chi connectivity index (χ3n) is 5.19. The van der Waals surface area contributed by atoms with E-state index in [0.29, 0.717) is 17.3 Å². The maximum atomic E-state index is 12.1. The van der Waals surface area contributed by atoms with E-state index in [1.54, 1.807) is 6.26 Å². The lowest BCUT2D eigenvalue weighted by Crippen LogP contribution is -2.35. The van der Waals surface area contributed by atoms with Crippen molar-refractivity contribution in [3.05, 3.63) is 17.2 Å². The summed E-state index contributed by atoms with van der Waals surface area (Å²) >= 11 is 0. The van der Waals surface area contributed by atoms with Crippen LogP contribution in [0.25, 0.3) is 0 Å². The molecule has 6 nitrogen and oxygen atoms in total. The van der Waals surface area contributed by atoms with Gasteiger partial charge in [0.1, 0.15) is 25.0 Å². The average Bonchev–Trinajstić information content (AvgIpc) is 3.06. The van der Waals surface area contributed by atoms with Crippen molar-refractivity contribution in [2.75, 3.05) is 18.2 Å². The number of hydrogen-bond donors (Lipinski definition) is 2. The molecule has 0 amide bonds. The van der Waals surface area contributed by atoms with Crippen molar-refractivity contribution in [3.8, 4) is 11.5 Å². The molecule has 0 aromatic carbocycles. The van der Waals surface area contributed by atoms with E-state index in [-0.39, 0.29) is 30.8 Å². The quantitative estimate of drug-likeness (QED) is 0.558. The standard InChI is InChI=1S/C21H32N2O4SSi/c1-13-10-17(28(4)25)23-20(15(13)8-9-29(5,6)7)22-16-11-14(12-24)18-19(16)27-21(2,3)26-18/h10,14,16,18-19,24H,11-12H2,1-7H3,(H,22,23)/t14?,16?,18-,19+,28?/m1/s1. The molecule has 160 valence electrons. The number of pyridine rings is 1. The van der Waals surface area contributed by atoms with E-state index in [9.17, 15) is 9.32 Å². The highest BCUT2D eigenvalue weighted by Gasteiger charge is 2.53. The third kappa shape index (κ3) is 5.09. The van der Waals surface area contributed by atoms with Crippen molar-refractivity contribution in [2.45, 2.75) is 75.9 Å². The number of rotatable bonds is 4. The highest BCUT2D eigenvalue weighted by Crippen LogP contribution is 2.42. The Hall–Kier alpha value is -1.24. The minimum atomic E-state index is -1.58. The first kappa shape index (κ1) is 22.4. The monoisotopic (exact) mass is 436 g/mol. The predicted octanol–water partition coefficient (Wildman–Crippen LogP) is 2.67. The Balaban J connectivity index is 1.98. The summed E-state index contributed by atoms with van der Waals surface area (Å²) in [6.07, 6.45) is 2.00. The van der Waals surface area contributed by atoms with Gasteiger partial charge in [-0.2, -0.15) is 0 Å². The van der Waals surface area contributed by atoms with E-state index in [1.165, 1.54) is 0 Å². The molecule has 3 rings (SSSR count). The fourth-order valence-corrected chi connectivity index (χ4v) is 4.95. The number of aromatic nitrogens is 1. The highest BCUT2D eigenvalue weighted by molar-refractivity contribution is 7.84. The van der Waals surface area contributed by atoms with Gasteiger partial charge in [0.05, 0.1) is 28.5 Å². The molecular formula is C21H32N2O4SSi. The lowest BCUT2D eigenvalue weighted by molar-refractivity contribution is -0.158. The molecule has 29 heavy (non-hydrogen) atoms. The molecule has 3 unspecified atom stereocenters. The van der Waals surface area contributed by atoms with Crippen LogP contribution in [0.1, 0.15) is 31.4 Å². The number of aryl methyl sites for hydroxylation is 1. The van der Waals surface area contributed by atoms with Crippen LogP contribution in [0, 0.1) is 24.3 Å². The number of nitrogens with zero attached hydrogens (tertiary/aromatic N) is 1. The molecule has 5 atom stereocenters. The molecule has 0 spiro atoms. The second-order valence-corrected chi connectivity index (χ2v) is 15.5. The Labute approximate surface area is 177 Å². The molecule has 1 aliphatic heterocycles. The number of anilines is 1. The van der Waals surface area contributed by atoms with Crippen molar-refractivity contribution >= 4 is 24.7 Å². The maximum absolute atomic E-state index is 12.1. The maximum Gasteiger partial charge on any atom is 0.163 e. The van der Waals surface area contributed by atoms with Crippen LogP contribution in [0.2, 0.25) is 19.6 Å². The van der Waals surface area contributed by atoms with Crippen LogP contribution < -0.4 is 5.32 Å². The van der Waals surface area contributed by atoms with Gasteiger partial charge in [0.2, 0.25) is 0 Å². The van der Waals surface area contributed by atoms with Crippen molar-refractivity contribution in [1.82, 2.24) is 4.98 Å². The molecule has 1 aromatic rings. The number of fused-ring (bicyclic) bond motifs is 1. The smallest absolute Gasteiger partial charge is 0.163 e. The molecule has 1 aliphatic carbocycles. The molecule has 2 fully saturated rings. The van der Waals surface area contributed by atoms with Crippen molar-refractivity contribution in [2.24, 2.45) is 5.92 Å². The molecule has 1 saturated carbocycles. The fraction of sp³-hybridized carbons (Fsp3) is 0.667. The van der Waals surface area contributed by atoms with E-state index in [4.69, 9.17) is 9.47 Å². The van der Waals surface area contributed by atoms with Crippen molar-refractivity contribution < 1.29 is 18.8 Å². The molecule has 2 N–H and O–H groups in total. The fourth-order valence-electron chi connectivity index (χ4n) is 3.88. The van der Waals surface area contributed by atoms with Crippen LogP contribution in [-0.2, 0) is 20.3 Å². The van der Waals surface area contributed by atoms with E-state index in [1.807, 2.05) is 26.8 Å². The first-order valence-electron chi connectivity index (χ1n) is 10.0. The number of hydrogen-bond acceptors (Lipinski definition) is 6. The van der Waals surface area contributed by atoms with Gasteiger partial charge in [-0.1, -0.05) is 25.6 Å². The Morgan fingerprint density at radius 3 is 2.59 bits per heavy atom. The molecule has 8 heteroatoms. The van der Waals surface area contributed by atoms with Gasteiger partial charge in [-0.3, -0.25) is 4.21 Å². The Bertz CT molecular complexity index is 872. The minimum absolute atomic E-state index is 0.000350. The molecule has 2 heterocycles. The molecule has 2 aliphatic rings. The van der Waals surface area contributed by atoms with Gasteiger partial charge in [0.15, 0.2) is 5.79 Å². The summed E-state index contributed by atoms with van der Waals surface area (Å²) in [7, 11) is -2.77. The van der Waals surface area contributed by atoms with Crippen molar-refractivity contribution in [1.29, 1.82) is 0 Å². The van der Waals surface area contributed by atoms with Gasteiger partial charge in [-0.25, -0.2) is 4.98 Å². The third-order valence-corrected chi connectivity index (χ3v) is 6.86. The lowest BCUT2D eigenvalue weighted by Gasteiger charge is -2.24. The summed E-state index contributed by atoms with van der Waals surface area (Å²) in [6.45, 7) is 12.4. The van der Waals surface area contributed by atoms with Gasteiger partial charge in [0, 0.05) is 18.8 Å². The van der Waals surface area contributed by atoms with Crippen LogP contribution in [0.15, 0.2) is 11.1 Å². The summed E-state index contributed by atoms with van der Waals surface area (Å²) in [4.78, 5) is 4.64. The van der Waals surface area contributed by atoms with Crippen LogP contribution in [0.5, 0.6) is 0 Å². The van der Waals surface area contributed by atoms with E-state index >= 15 is 0 Å². The zero-order valence-corrected chi connectivity index (χ0v) is 20.1. The summed E-state index contributed by atoms with van der Waals surface area (Å²) in [5, 5.41) is 13.9. The number of aliphatic hydroxyl groups excluding tert-OH is 1. The van der Waals surface area contributed by atoms with E-state index in [2.05, 4.69) is 41.4 Å². The van der Waals surface area contributed by atoms with Gasteiger partial charge in [-0.15, -0.1) is 5.54 Å². The number of ether oxygens (including phenoxy) is 2. The highest BCUT2D eigenvalue weighted by atomic mass is 32.2. The van der Waals surface area contributed by atoms with Gasteiger partial charge >= 0.3 is 0 Å². The van der Waals surface area contributed by atoms with Crippen LogP contribution in [-0.4, -0.2) is 59.3 Å². The zero-order valence-electron chi connectivity index (χ0n) is 18.3. The molecule has 1 saturated heterocycles. The Morgan fingerprint density at radius 1 is 1.34 bits per heavy atom. The van der Waals surface area contributed by atoms with Crippen LogP contribution >= 0.6 is 0 Å². The summed E-state index contributed by atoms with van der Waals surface area (Å²) in [6, 6.07) is 1.78. The van der Waals surface area contributed by atoms with Crippen molar-refractivity contribution in [3.63, 3.8) is 0 Å².